The fourth-order valence-electron chi connectivity index (χ4n) is 3.72. The molecular formula is C22H22F3NO3S. The summed E-state index contributed by atoms with van der Waals surface area (Å²) in [5, 5.41) is 0. The third kappa shape index (κ3) is 4.65. The largest absolute Gasteiger partial charge is 0.416 e. The van der Waals surface area contributed by atoms with Gasteiger partial charge in [0.15, 0.2) is 15.6 Å². The van der Waals surface area contributed by atoms with Gasteiger partial charge >= 0.3 is 6.18 Å². The normalized spacial score (nSPS) is 17.8. The van der Waals surface area contributed by atoms with Crippen molar-refractivity contribution in [3.63, 3.8) is 0 Å². The van der Waals surface area contributed by atoms with E-state index in [9.17, 15) is 26.4 Å². The quantitative estimate of drug-likeness (QED) is 0.705. The summed E-state index contributed by atoms with van der Waals surface area (Å²) in [6.07, 6.45) is -3.04. The van der Waals surface area contributed by atoms with E-state index in [2.05, 4.69) is 0 Å². The van der Waals surface area contributed by atoms with Gasteiger partial charge in [-0.3, -0.25) is 4.79 Å². The molecule has 2 aromatic carbocycles. The number of hydrogen-bond donors (Lipinski definition) is 0. The Labute approximate surface area is 173 Å². The second-order valence-corrected chi connectivity index (χ2v) is 9.77. The lowest BCUT2D eigenvalue weighted by atomic mass is 9.95. The van der Waals surface area contributed by atoms with Crippen LogP contribution in [0, 0.1) is 5.92 Å². The fourth-order valence-corrected chi connectivity index (χ4v) is 4.35. The van der Waals surface area contributed by atoms with Crippen LogP contribution in [0.4, 0.5) is 13.2 Å². The minimum atomic E-state index is -4.52. The Kier molecular flexibility index (Phi) is 5.93. The molecule has 2 aromatic rings. The van der Waals surface area contributed by atoms with Crippen molar-refractivity contribution in [2.45, 2.75) is 17.5 Å². The number of carbonyl (C=O) groups excluding carboxylic acids is 1. The minimum absolute atomic E-state index is 0.140. The van der Waals surface area contributed by atoms with E-state index in [-0.39, 0.29) is 27.7 Å². The number of rotatable bonds is 5. The first kappa shape index (κ1) is 22.2. The predicted octanol–water partition coefficient (Wildman–Crippen LogP) is 4.17. The van der Waals surface area contributed by atoms with Crippen molar-refractivity contribution in [1.29, 1.82) is 0 Å². The number of allylic oxidation sites excluding steroid dienone is 2. The van der Waals surface area contributed by atoms with E-state index in [4.69, 9.17) is 0 Å². The summed E-state index contributed by atoms with van der Waals surface area (Å²) in [5.74, 6) is -0.584. The standard InChI is InChI=1S/C22H22F3NO3S/c1-26(2)13-16-12-19(14-7-9-18(10-8-14)30(3,28)29)20(21(16)27)15-5-4-6-17(11-15)22(23,24)25/h4-11,16H,12-13H2,1-3H3. The van der Waals surface area contributed by atoms with Crippen LogP contribution in [-0.4, -0.2) is 46.0 Å². The van der Waals surface area contributed by atoms with E-state index < -0.39 is 21.6 Å². The van der Waals surface area contributed by atoms with Crippen LogP contribution in [0.15, 0.2) is 53.4 Å². The third-order valence-corrected chi connectivity index (χ3v) is 6.19. The van der Waals surface area contributed by atoms with Gasteiger partial charge in [0.1, 0.15) is 0 Å². The van der Waals surface area contributed by atoms with Crippen LogP contribution in [0.2, 0.25) is 0 Å². The van der Waals surface area contributed by atoms with Crippen LogP contribution in [0.5, 0.6) is 0 Å². The van der Waals surface area contributed by atoms with Gasteiger partial charge in [-0.1, -0.05) is 24.3 Å². The Bertz CT molecular complexity index is 1100. The van der Waals surface area contributed by atoms with Gasteiger partial charge in [0.25, 0.3) is 0 Å². The minimum Gasteiger partial charge on any atom is -0.309 e. The average molecular weight is 437 g/mol. The molecule has 0 saturated heterocycles. The summed E-state index contributed by atoms with van der Waals surface area (Å²) >= 11 is 0. The average Bonchev–Trinajstić information content (AvgIpc) is 2.96. The first-order valence-corrected chi connectivity index (χ1v) is 11.2. The van der Waals surface area contributed by atoms with E-state index in [1.807, 2.05) is 19.0 Å². The highest BCUT2D eigenvalue weighted by atomic mass is 32.2. The number of ketones is 1. The van der Waals surface area contributed by atoms with E-state index in [0.29, 0.717) is 24.1 Å². The first-order valence-electron chi connectivity index (χ1n) is 9.28. The number of halogens is 3. The molecule has 0 spiro atoms. The third-order valence-electron chi connectivity index (χ3n) is 5.06. The van der Waals surface area contributed by atoms with Crippen molar-refractivity contribution >= 4 is 26.8 Å². The molecule has 1 aliphatic carbocycles. The van der Waals surface area contributed by atoms with Gasteiger partial charge in [0.05, 0.1) is 10.5 Å². The number of benzene rings is 2. The second kappa shape index (κ2) is 8.00. The Balaban J connectivity index is 2.14. The molecule has 0 aromatic heterocycles. The molecule has 0 amide bonds. The van der Waals surface area contributed by atoms with Crippen molar-refractivity contribution in [1.82, 2.24) is 4.90 Å². The summed E-state index contributed by atoms with van der Waals surface area (Å²) in [5.41, 5.74) is 0.928. The lowest BCUT2D eigenvalue weighted by Crippen LogP contribution is -2.25. The molecule has 3 rings (SSSR count). The summed E-state index contributed by atoms with van der Waals surface area (Å²) in [6.45, 7) is 0.465. The van der Waals surface area contributed by atoms with Gasteiger partial charge in [-0.2, -0.15) is 13.2 Å². The van der Waals surface area contributed by atoms with Crippen LogP contribution < -0.4 is 0 Å². The number of Topliss-reactive ketones (excluding diaryl/α,β-unsaturated/α-hetero) is 1. The maximum absolute atomic E-state index is 13.2. The summed E-state index contributed by atoms with van der Waals surface area (Å²) in [4.78, 5) is 15.2. The lowest BCUT2D eigenvalue weighted by molar-refractivity contribution is -0.137. The molecule has 0 aliphatic heterocycles. The Morgan fingerprint density at radius 1 is 1.03 bits per heavy atom. The molecule has 1 atom stereocenters. The van der Waals surface area contributed by atoms with Gasteiger partial charge in [0.2, 0.25) is 0 Å². The molecule has 0 saturated carbocycles. The molecule has 30 heavy (non-hydrogen) atoms. The van der Waals surface area contributed by atoms with E-state index in [1.165, 1.54) is 24.3 Å². The molecule has 8 heteroatoms. The number of carbonyl (C=O) groups is 1. The fraction of sp³-hybridized carbons (Fsp3) is 0.318. The number of hydrogen-bond acceptors (Lipinski definition) is 4. The van der Waals surface area contributed by atoms with Crippen molar-refractivity contribution in [2.75, 3.05) is 26.9 Å². The van der Waals surface area contributed by atoms with Gasteiger partial charge < -0.3 is 4.90 Å². The molecule has 4 nitrogen and oxygen atoms in total. The molecular weight excluding hydrogens is 415 g/mol. The monoisotopic (exact) mass is 437 g/mol. The predicted molar refractivity (Wildman–Crippen MR) is 109 cm³/mol. The SMILES string of the molecule is CN(C)CC1CC(c2ccc(S(C)(=O)=O)cc2)=C(c2cccc(C(F)(F)F)c2)C1=O. The van der Waals surface area contributed by atoms with Crippen LogP contribution in [0.3, 0.4) is 0 Å². The second-order valence-electron chi connectivity index (χ2n) is 7.76. The molecule has 1 aliphatic rings. The summed E-state index contributed by atoms with van der Waals surface area (Å²) in [7, 11) is 0.276. The lowest BCUT2D eigenvalue weighted by Gasteiger charge is -2.15. The molecule has 0 fully saturated rings. The van der Waals surface area contributed by atoms with Crippen molar-refractivity contribution in [3.05, 3.63) is 65.2 Å². The molecule has 1 unspecified atom stereocenters. The molecule has 160 valence electrons. The zero-order valence-corrected chi connectivity index (χ0v) is 17.6. The Hall–Kier alpha value is -2.45. The maximum atomic E-state index is 13.2. The zero-order chi connectivity index (χ0) is 22.3. The van der Waals surface area contributed by atoms with E-state index >= 15 is 0 Å². The Morgan fingerprint density at radius 3 is 2.20 bits per heavy atom. The highest BCUT2D eigenvalue weighted by Gasteiger charge is 2.36. The van der Waals surface area contributed by atoms with Crippen molar-refractivity contribution in [3.8, 4) is 0 Å². The molecule has 0 radical (unpaired) electrons. The summed E-state index contributed by atoms with van der Waals surface area (Å²) in [6, 6.07) is 10.9. The Morgan fingerprint density at radius 2 is 1.67 bits per heavy atom. The maximum Gasteiger partial charge on any atom is 0.416 e. The molecule has 0 N–H and O–H groups in total. The topological polar surface area (TPSA) is 54.5 Å². The van der Waals surface area contributed by atoms with Gasteiger partial charge in [0, 0.05) is 24.3 Å². The summed E-state index contributed by atoms with van der Waals surface area (Å²) < 4.78 is 63.1. The number of alkyl halides is 3. The smallest absolute Gasteiger partial charge is 0.309 e. The molecule has 0 bridgehead atoms. The molecule has 0 heterocycles. The van der Waals surface area contributed by atoms with Crippen LogP contribution in [-0.2, 0) is 20.8 Å². The van der Waals surface area contributed by atoms with Crippen LogP contribution in [0.25, 0.3) is 11.1 Å². The number of nitrogens with zero attached hydrogens (tertiary/aromatic N) is 1. The van der Waals surface area contributed by atoms with E-state index in [1.54, 1.807) is 12.1 Å². The van der Waals surface area contributed by atoms with Gasteiger partial charge in [-0.15, -0.1) is 0 Å². The first-order chi connectivity index (χ1) is 13.9. The van der Waals surface area contributed by atoms with E-state index in [0.717, 1.165) is 18.4 Å². The number of sulfone groups is 1. The highest BCUT2D eigenvalue weighted by molar-refractivity contribution is 7.90. The van der Waals surface area contributed by atoms with Gasteiger partial charge in [-0.25, -0.2) is 8.42 Å². The van der Waals surface area contributed by atoms with Crippen molar-refractivity contribution in [2.24, 2.45) is 5.92 Å². The zero-order valence-electron chi connectivity index (χ0n) is 16.8. The van der Waals surface area contributed by atoms with Crippen LogP contribution >= 0.6 is 0 Å². The highest BCUT2D eigenvalue weighted by Crippen LogP contribution is 2.42. The van der Waals surface area contributed by atoms with Crippen LogP contribution in [0.1, 0.15) is 23.1 Å². The van der Waals surface area contributed by atoms with Gasteiger partial charge in [-0.05, 0) is 61.5 Å². The van der Waals surface area contributed by atoms with Crippen molar-refractivity contribution < 1.29 is 26.4 Å².